The summed E-state index contributed by atoms with van der Waals surface area (Å²) >= 11 is 0. The summed E-state index contributed by atoms with van der Waals surface area (Å²) < 4.78 is 4.94. The standard InChI is InChI=1S/C18H21NO4/c1-4-23-16(20)10-14-15(12(2)3)11-19(18(14)22)17(21)13-8-6-5-7-9-13/h5-9,14-15H,2,4,10-11H2,1,3H3/t14-,15+/m1/s1. The van der Waals surface area contributed by atoms with Gasteiger partial charge >= 0.3 is 5.97 Å². The van der Waals surface area contributed by atoms with Gasteiger partial charge in [-0.15, -0.1) is 0 Å². The number of amides is 2. The van der Waals surface area contributed by atoms with Crippen LogP contribution in [0.2, 0.25) is 0 Å². The monoisotopic (exact) mass is 315 g/mol. The van der Waals surface area contributed by atoms with Gasteiger partial charge < -0.3 is 4.74 Å². The van der Waals surface area contributed by atoms with Crippen LogP contribution >= 0.6 is 0 Å². The number of carbonyl (C=O) groups excluding carboxylic acids is 3. The first kappa shape index (κ1) is 16.9. The molecule has 122 valence electrons. The van der Waals surface area contributed by atoms with Crippen LogP contribution in [0.1, 0.15) is 30.6 Å². The number of rotatable bonds is 5. The number of likely N-dealkylation sites (tertiary alicyclic amines) is 1. The zero-order valence-electron chi connectivity index (χ0n) is 13.5. The Kier molecular flexibility index (Phi) is 5.32. The molecule has 2 amide bonds. The van der Waals surface area contributed by atoms with Crippen molar-refractivity contribution in [1.29, 1.82) is 0 Å². The van der Waals surface area contributed by atoms with Gasteiger partial charge in [-0.1, -0.05) is 30.4 Å². The highest BCUT2D eigenvalue weighted by Crippen LogP contribution is 2.33. The third-order valence-corrected chi connectivity index (χ3v) is 4.04. The van der Waals surface area contributed by atoms with Gasteiger partial charge in [-0.2, -0.15) is 0 Å². The molecule has 1 aliphatic heterocycles. The minimum absolute atomic E-state index is 0.0250. The highest BCUT2D eigenvalue weighted by molar-refractivity contribution is 6.07. The molecule has 0 unspecified atom stereocenters. The van der Waals surface area contributed by atoms with E-state index >= 15 is 0 Å². The van der Waals surface area contributed by atoms with E-state index in [4.69, 9.17) is 4.74 Å². The Balaban J connectivity index is 2.21. The molecule has 5 heteroatoms. The summed E-state index contributed by atoms with van der Waals surface area (Å²) in [6, 6.07) is 8.65. The third kappa shape index (κ3) is 3.67. The van der Waals surface area contributed by atoms with Gasteiger partial charge in [0.1, 0.15) is 0 Å². The Labute approximate surface area is 135 Å². The molecular formula is C18H21NO4. The average molecular weight is 315 g/mol. The lowest BCUT2D eigenvalue weighted by Gasteiger charge is -2.15. The summed E-state index contributed by atoms with van der Waals surface area (Å²) in [5, 5.41) is 0. The zero-order chi connectivity index (χ0) is 17.0. The molecule has 5 nitrogen and oxygen atoms in total. The van der Waals surface area contributed by atoms with Crippen LogP contribution in [0.25, 0.3) is 0 Å². The van der Waals surface area contributed by atoms with Crippen LogP contribution in [0.5, 0.6) is 0 Å². The lowest BCUT2D eigenvalue weighted by Crippen LogP contribution is -2.34. The van der Waals surface area contributed by atoms with Crippen LogP contribution in [0.3, 0.4) is 0 Å². The van der Waals surface area contributed by atoms with Crippen molar-refractivity contribution < 1.29 is 19.1 Å². The lowest BCUT2D eigenvalue weighted by atomic mass is 9.87. The van der Waals surface area contributed by atoms with E-state index < -0.39 is 11.9 Å². The first-order valence-corrected chi connectivity index (χ1v) is 7.67. The lowest BCUT2D eigenvalue weighted by molar-refractivity contribution is -0.146. The van der Waals surface area contributed by atoms with Crippen molar-refractivity contribution in [2.45, 2.75) is 20.3 Å². The number of carbonyl (C=O) groups is 3. The Morgan fingerprint density at radius 3 is 2.52 bits per heavy atom. The van der Waals surface area contributed by atoms with E-state index in [0.29, 0.717) is 5.56 Å². The molecule has 0 bridgehead atoms. The number of hydrogen-bond donors (Lipinski definition) is 0. The molecule has 0 N–H and O–H groups in total. The maximum Gasteiger partial charge on any atom is 0.306 e. The van der Waals surface area contributed by atoms with Crippen molar-refractivity contribution in [2.24, 2.45) is 11.8 Å². The third-order valence-electron chi connectivity index (χ3n) is 4.04. The number of ether oxygens (including phenoxy) is 1. The molecule has 1 aromatic carbocycles. The van der Waals surface area contributed by atoms with E-state index in [1.807, 2.05) is 13.0 Å². The van der Waals surface area contributed by atoms with Crippen molar-refractivity contribution in [1.82, 2.24) is 4.90 Å². The maximum absolute atomic E-state index is 12.6. The van der Waals surface area contributed by atoms with Gasteiger partial charge in [-0.25, -0.2) is 0 Å². The molecule has 1 fully saturated rings. The molecule has 1 saturated heterocycles. The van der Waals surface area contributed by atoms with Crippen molar-refractivity contribution in [3.8, 4) is 0 Å². The van der Waals surface area contributed by atoms with Gasteiger partial charge in [0.25, 0.3) is 5.91 Å². The quantitative estimate of drug-likeness (QED) is 0.475. The Bertz CT molecular complexity index is 623. The molecule has 0 aromatic heterocycles. The molecule has 23 heavy (non-hydrogen) atoms. The van der Waals surface area contributed by atoms with Gasteiger partial charge in [0.05, 0.1) is 18.9 Å². The zero-order valence-corrected chi connectivity index (χ0v) is 13.5. The molecule has 0 spiro atoms. The summed E-state index contributed by atoms with van der Waals surface area (Å²) in [7, 11) is 0. The Morgan fingerprint density at radius 2 is 1.96 bits per heavy atom. The van der Waals surface area contributed by atoms with Gasteiger partial charge in [-0.05, 0) is 26.0 Å². The van der Waals surface area contributed by atoms with Gasteiger partial charge in [-0.3, -0.25) is 19.3 Å². The van der Waals surface area contributed by atoms with E-state index in [0.717, 1.165) is 5.57 Å². The SMILES string of the molecule is C=C(C)[C@@H]1CN(C(=O)c2ccccc2)C(=O)[C@@H]1CC(=O)OCC. The topological polar surface area (TPSA) is 63.7 Å². The summed E-state index contributed by atoms with van der Waals surface area (Å²) in [5.41, 5.74) is 1.24. The largest absolute Gasteiger partial charge is 0.466 e. The number of esters is 1. The van der Waals surface area contributed by atoms with Crippen molar-refractivity contribution in [2.75, 3.05) is 13.2 Å². The fourth-order valence-corrected chi connectivity index (χ4v) is 2.83. The van der Waals surface area contributed by atoms with Gasteiger partial charge in [0.2, 0.25) is 5.91 Å². The van der Waals surface area contributed by atoms with Crippen molar-refractivity contribution in [3.63, 3.8) is 0 Å². The molecule has 0 radical (unpaired) electrons. The fraction of sp³-hybridized carbons (Fsp3) is 0.389. The highest BCUT2D eigenvalue weighted by atomic mass is 16.5. The molecular weight excluding hydrogens is 294 g/mol. The number of nitrogens with zero attached hydrogens (tertiary/aromatic N) is 1. The first-order valence-electron chi connectivity index (χ1n) is 7.67. The minimum atomic E-state index is -0.584. The van der Waals surface area contributed by atoms with E-state index in [9.17, 15) is 14.4 Å². The van der Waals surface area contributed by atoms with Crippen molar-refractivity contribution >= 4 is 17.8 Å². The van der Waals surface area contributed by atoms with Crippen LogP contribution in [-0.2, 0) is 14.3 Å². The molecule has 1 heterocycles. The van der Waals surface area contributed by atoms with Crippen LogP contribution < -0.4 is 0 Å². The van der Waals surface area contributed by atoms with E-state index in [-0.39, 0.29) is 37.3 Å². The number of hydrogen-bond acceptors (Lipinski definition) is 4. The molecule has 0 saturated carbocycles. The molecule has 0 aliphatic carbocycles. The van der Waals surface area contributed by atoms with Crippen LogP contribution in [0.15, 0.2) is 42.5 Å². The normalized spacial score (nSPS) is 20.4. The van der Waals surface area contributed by atoms with Crippen LogP contribution in [0.4, 0.5) is 0 Å². The summed E-state index contributed by atoms with van der Waals surface area (Å²) in [6.07, 6.45) is -0.0250. The molecule has 1 aliphatic rings. The average Bonchev–Trinajstić information content (AvgIpc) is 2.85. The Hall–Kier alpha value is -2.43. The highest BCUT2D eigenvalue weighted by Gasteiger charge is 2.44. The summed E-state index contributed by atoms with van der Waals surface area (Å²) in [5.74, 6) is -1.90. The predicted molar refractivity (Wildman–Crippen MR) is 85.5 cm³/mol. The molecule has 2 atom stereocenters. The Morgan fingerprint density at radius 1 is 1.30 bits per heavy atom. The second-order valence-electron chi connectivity index (χ2n) is 5.69. The van der Waals surface area contributed by atoms with E-state index in [1.165, 1.54) is 4.90 Å². The maximum atomic E-state index is 12.6. The number of imide groups is 1. The molecule has 2 rings (SSSR count). The van der Waals surface area contributed by atoms with Gasteiger partial charge in [0, 0.05) is 18.0 Å². The minimum Gasteiger partial charge on any atom is -0.466 e. The predicted octanol–water partition coefficient (Wildman–Crippen LogP) is 2.43. The molecule has 1 aromatic rings. The van der Waals surface area contributed by atoms with Crippen LogP contribution in [0, 0.1) is 11.8 Å². The van der Waals surface area contributed by atoms with E-state index in [1.54, 1.807) is 31.2 Å². The van der Waals surface area contributed by atoms with Gasteiger partial charge in [0.15, 0.2) is 0 Å². The fourth-order valence-electron chi connectivity index (χ4n) is 2.83. The smallest absolute Gasteiger partial charge is 0.306 e. The number of benzene rings is 1. The summed E-state index contributed by atoms with van der Waals surface area (Å²) in [6.45, 7) is 7.95. The van der Waals surface area contributed by atoms with Crippen molar-refractivity contribution in [3.05, 3.63) is 48.0 Å². The second kappa shape index (κ2) is 7.22. The summed E-state index contributed by atoms with van der Waals surface area (Å²) in [4.78, 5) is 38.1. The first-order chi connectivity index (χ1) is 11.0. The van der Waals surface area contributed by atoms with Crippen LogP contribution in [-0.4, -0.2) is 35.8 Å². The second-order valence-corrected chi connectivity index (χ2v) is 5.69. The van der Waals surface area contributed by atoms with E-state index in [2.05, 4.69) is 6.58 Å².